The molecule has 128 valence electrons. The third-order valence-electron chi connectivity index (χ3n) is 3.73. The van der Waals surface area contributed by atoms with Crippen LogP contribution in [0.15, 0.2) is 36.4 Å². The van der Waals surface area contributed by atoms with E-state index in [4.69, 9.17) is 4.74 Å². The number of aromatic nitrogens is 4. The Morgan fingerprint density at radius 1 is 1.20 bits per heavy atom. The van der Waals surface area contributed by atoms with Gasteiger partial charge in [-0.3, -0.25) is 4.79 Å². The fourth-order valence-electron chi connectivity index (χ4n) is 2.42. The zero-order valence-electron chi connectivity index (χ0n) is 13.9. The number of aryl methyl sites for hydroxylation is 2. The van der Waals surface area contributed by atoms with Crippen molar-refractivity contribution in [2.45, 2.75) is 13.8 Å². The van der Waals surface area contributed by atoms with Gasteiger partial charge in [0.1, 0.15) is 17.3 Å². The van der Waals surface area contributed by atoms with E-state index >= 15 is 0 Å². The second kappa shape index (κ2) is 6.68. The summed E-state index contributed by atoms with van der Waals surface area (Å²) in [4.78, 5) is 12.5. The Bertz CT molecular complexity index is 939. The second-order valence-electron chi connectivity index (χ2n) is 5.44. The number of hydrogen-bond acceptors (Lipinski definition) is 5. The molecule has 0 saturated heterocycles. The van der Waals surface area contributed by atoms with Crippen molar-refractivity contribution < 1.29 is 13.9 Å². The minimum atomic E-state index is -0.463. The number of anilines is 1. The maximum atomic E-state index is 13.4. The summed E-state index contributed by atoms with van der Waals surface area (Å²) in [6.45, 7) is 3.50. The zero-order valence-corrected chi connectivity index (χ0v) is 13.9. The minimum Gasteiger partial charge on any atom is -0.494 e. The Morgan fingerprint density at radius 3 is 2.68 bits per heavy atom. The SMILES string of the molecule is COc1ccc(NC(=O)c2cc(F)ccc2C)cc1-n1nnnc1C. The number of nitrogens with one attached hydrogen (secondary N) is 1. The molecule has 25 heavy (non-hydrogen) atoms. The lowest BCUT2D eigenvalue weighted by atomic mass is 10.1. The van der Waals surface area contributed by atoms with E-state index < -0.39 is 11.7 Å². The van der Waals surface area contributed by atoms with E-state index in [9.17, 15) is 9.18 Å². The molecule has 0 bridgehead atoms. The molecule has 0 aliphatic carbocycles. The van der Waals surface area contributed by atoms with Crippen LogP contribution in [-0.4, -0.2) is 33.2 Å². The fourth-order valence-corrected chi connectivity index (χ4v) is 2.42. The first kappa shape index (κ1) is 16.6. The van der Waals surface area contributed by atoms with Gasteiger partial charge in [-0.05, 0) is 60.2 Å². The van der Waals surface area contributed by atoms with Gasteiger partial charge < -0.3 is 10.1 Å². The summed E-state index contributed by atoms with van der Waals surface area (Å²) >= 11 is 0. The van der Waals surface area contributed by atoms with Crippen LogP contribution in [0.25, 0.3) is 5.69 Å². The van der Waals surface area contributed by atoms with Crippen LogP contribution < -0.4 is 10.1 Å². The van der Waals surface area contributed by atoms with Crippen molar-refractivity contribution in [3.63, 3.8) is 0 Å². The summed E-state index contributed by atoms with van der Waals surface area (Å²) in [7, 11) is 1.53. The average Bonchev–Trinajstić information content (AvgIpc) is 3.02. The molecule has 0 unspecified atom stereocenters. The Balaban J connectivity index is 1.95. The molecule has 3 aromatic rings. The van der Waals surface area contributed by atoms with Gasteiger partial charge in [0.2, 0.25) is 0 Å². The maximum Gasteiger partial charge on any atom is 0.256 e. The van der Waals surface area contributed by atoms with Gasteiger partial charge in [0.15, 0.2) is 5.82 Å². The molecule has 0 atom stereocenters. The number of hydrogen-bond donors (Lipinski definition) is 1. The molecular formula is C17H16FN5O2. The summed E-state index contributed by atoms with van der Waals surface area (Å²) in [5, 5.41) is 14.1. The van der Waals surface area contributed by atoms with E-state index in [1.54, 1.807) is 38.1 Å². The van der Waals surface area contributed by atoms with E-state index in [1.165, 1.54) is 23.9 Å². The van der Waals surface area contributed by atoms with Gasteiger partial charge in [0, 0.05) is 11.3 Å². The topological polar surface area (TPSA) is 81.9 Å². The Morgan fingerprint density at radius 2 is 2.00 bits per heavy atom. The summed E-state index contributed by atoms with van der Waals surface area (Å²) in [6, 6.07) is 9.17. The quantitative estimate of drug-likeness (QED) is 0.789. The van der Waals surface area contributed by atoms with Gasteiger partial charge in [0.25, 0.3) is 5.91 Å². The predicted octanol–water partition coefficient (Wildman–Crippen LogP) is 2.68. The van der Waals surface area contributed by atoms with E-state index in [0.717, 1.165) is 0 Å². The molecule has 7 nitrogen and oxygen atoms in total. The smallest absolute Gasteiger partial charge is 0.256 e. The highest BCUT2D eigenvalue weighted by Crippen LogP contribution is 2.26. The standard InChI is InChI=1S/C17H16FN5O2/c1-10-4-5-12(18)8-14(10)17(24)19-13-6-7-16(25-3)15(9-13)23-11(2)20-21-22-23/h4-9H,1-3H3,(H,19,24). The molecule has 1 aromatic heterocycles. The van der Waals surface area contributed by atoms with E-state index in [0.29, 0.717) is 28.5 Å². The molecule has 1 heterocycles. The molecule has 0 aliphatic rings. The number of methoxy groups -OCH3 is 1. The fraction of sp³-hybridized carbons (Fsp3) is 0.176. The van der Waals surface area contributed by atoms with Gasteiger partial charge in [-0.25, -0.2) is 4.39 Å². The first-order chi connectivity index (χ1) is 12.0. The van der Waals surface area contributed by atoms with Crippen molar-refractivity contribution in [2.75, 3.05) is 12.4 Å². The van der Waals surface area contributed by atoms with Crippen molar-refractivity contribution in [1.29, 1.82) is 0 Å². The molecule has 0 fully saturated rings. The van der Waals surface area contributed by atoms with Crippen molar-refractivity contribution in [3.05, 3.63) is 59.2 Å². The molecular weight excluding hydrogens is 325 g/mol. The Labute approximate surface area is 143 Å². The molecule has 8 heteroatoms. The largest absolute Gasteiger partial charge is 0.494 e. The lowest BCUT2D eigenvalue weighted by Crippen LogP contribution is -2.14. The summed E-state index contributed by atoms with van der Waals surface area (Å²) in [6.07, 6.45) is 0. The number of benzene rings is 2. The van der Waals surface area contributed by atoms with Crippen LogP contribution >= 0.6 is 0 Å². The number of amides is 1. The number of carbonyl (C=O) groups excluding carboxylic acids is 1. The summed E-state index contributed by atoms with van der Waals surface area (Å²) in [5.41, 5.74) is 2.05. The minimum absolute atomic E-state index is 0.274. The summed E-state index contributed by atoms with van der Waals surface area (Å²) < 4.78 is 20.2. The van der Waals surface area contributed by atoms with E-state index in [2.05, 4.69) is 20.8 Å². The van der Waals surface area contributed by atoms with Crippen molar-refractivity contribution in [2.24, 2.45) is 0 Å². The number of rotatable bonds is 4. The zero-order chi connectivity index (χ0) is 18.0. The summed E-state index contributed by atoms with van der Waals surface area (Å²) in [5.74, 6) is 0.259. The molecule has 1 N–H and O–H groups in total. The van der Waals surface area contributed by atoms with Crippen LogP contribution in [0.4, 0.5) is 10.1 Å². The molecule has 2 aromatic carbocycles. The number of ether oxygens (including phenoxy) is 1. The monoisotopic (exact) mass is 341 g/mol. The van der Waals surface area contributed by atoms with Crippen LogP contribution in [0, 0.1) is 19.7 Å². The molecule has 0 radical (unpaired) electrons. The molecule has 0 saturated carbocycles. The van der Waals surface area contributed by atoms with Crippen LogP contribution in [0.2, 0.25) is 0 Å². The number of tetrazole rings is 1. The van der Waals surface area contributed by atoms with Gasteiger partial charge in [-0.2, -0.15) is 4.68 Å². The molecule has 1 amide bonds. The van der Waals surface area contributed by atoms with Crippen LogP contribution in [0.1, 0.15) is 21.7 Å². The maximum absolute atomic E-state index is 13.4. The molecule has 0 spiro atoms. The molecule has 3 rings (SSSR count). The third kappa shape index (κ3) is 3.32. The van der Waals surface area contributed by atoms with Crippen LogP contribution in [-0.2, 0) is 0 Å². The highest BCUT2D eigenvalue weighted by atomic mass is 19.1. The second-order valence-corrected chi connectivity index (χ2v) is 5.44. The van der Waals surface area contributed by atoms with Crippen LogP contribution in [0.5, 0.6) is 5.75 Å². The number of halogens is 1. The third-order valence-corrected chi connectivity index (χ3v) is 3.73. The van der Waals surface area contributed by atoms with Crippen molar-refractivity contribution in [3.8, 4) is 11.4 Å². The number of nitrogens with zero attached hydrogens (tertiary/aromatic N) is 4. The predicted molar refractivity (Wildman–Crippen MR) is 89.5 cm³/mol. The highest BCUT2D eigenvalue weighted by Gasteiger charge is 2.14. The van der Waals surface area contributed by atoms with Crippen molar-refractivity contribution in [1.82, 2.24) is 20.2 Å². The van der Waals surface area contributed by atoms with Gasteiger partial charge in [0.05, 0.1) is 7.11 Å². The van der Waals surface area contributed by atoms with Gasteiger partial charge >= 0.3 is 0 Å². The Hall–Kier alpha value is -3.29. The first-order valence-electron chi connectivity index (χ1n) is 7.50. The highest BCUT2D eigenvalue weighted by molar-refractivity contribution is 6.05. The Kier molecular flexibility index (Phi) is 4.42. The average molecular weight is 341 g/mol. The molecule has 0 aliphatic heterocycles. The lowest BCUT2D eigenvalue weighted by molar-refractivity contribution is 0.102. The normalized spacial score (nSPS) is 10.6. The van der Waals surface area contributed by atoms with Crippen LogP contribution in [0.3, 0.4) is 0 Å². The number of carbonyl (C=O) groups is 1. The van der Waals surface area contributed by atoms with E-state index in [1.807, 2.05) is 0 Å². The van der Waals surface area contributed by atoms with Gasteiger partial charge in [-0.1, -0.05) is 6.07 Å². The van der Waals surface area contributed by atoms with Gasteiger partial charge in [-0.15, -0.1) is 5.10 Å². The van der Waals surface area contributed by atoms with E-state index in [-0.39, 0.29) is 5.56 Å². The lowest BCUT2D eigenvalue weighted by Gasteiger charge is -2.12. The van der Waals surface area contributed by atoms with Crippen molar-refractivity contribution >= 4 is 11.6 Å². The first-order valence-corrected chi connectivity index (χ1v) is 7.50.